The zero-order valence-electron chi connectivity index (χ0n) is 13.5. The second-order valence-electron chi connectivity index (χ2n) is 6.38. The molecule has 0 saturated heterocycles. The molecular formula is C16H27N3O2. The van der Waals surface area contributed by atoms with Gasteiger partial charge < -0.3 is 9.42 Å². The molecule has 0 bridgehead atoms. The predicted octanol–water partition coefficient (Wildman–Crippen LogP) is 2.45. The number of rotatable bonds is 6. The number of likely N-dealkylation sites (N-methyl/N-ethyl adjacent to an activating group) is 2. The molecule has 1 heterocycles. The van der Waals surface area contributed by atoms with Gasteiger partial charge >= 0.3 is 0 Å². The van der Waals surface area contributed by atoms with E-state index in [1.54, 1.807) is 0 Å². The average Bonchev–Trinajstić information content (AvgIpc) is 2.84. The van der Waals surface area contributed by atoms with E-state index in [1.165, 1.54) is 32.1 Å². The Balaban J connectivity index is 1.74. The van der Waals surface area contributed by atoms with Crippen LogP contribution in [0, 0.1) is 12.8 Å². The summed E-state index contributed by atoms with van der Waals surface area (Å²) < 4.78 is 5.05. The van der Waals surface area contributed by atoms with Gasteiger partial charge in [0, 0.05) is 26.2 Å². The van der Waals surface area contributed by atoms with Gasteiger partial charge in [0.25, 0.3) is 0 Å². The molecule has 0 unspecified atom stereocenters. The Morgan fingerprint density at radius 3 is 2.67 bits per heavy atom. The Bertz CT molecular complexity index is 452. The Hall–Kier alpha value is -1.36. The van der Waals surface area contributed by atoms with Crippen molar-refractivity contribution in [3.8, 4) is 0 Å². The maximum Gasteiger partial charge on any atom is 0.236 e. The van der Waals surface area contributed by atoms with Gasteiger partial charge in [-0.25, -0.2) is 0 Å². The van der Waals surface area contributed by atoms with Crippen LogP contribution < -0.4 is 0 Å². The summed E-state index contributed by atoms with van der Waals surface area (Å²) in [7, 11) is 3.86. The molecule has 1 fully saturated rings. The third kappa shape index (κ3) is 5.16. The maximum absolute atomic E-state index is 12.3. The van der Waals surface area contributed by atoms with E-state index in [-0.39, 0.29) is 5.91 Å². The number of aromatic nitrogens is 1. The summed E-state index contributed by atoms with van der Waals surface area (Å²) >= 11 is 0. The molecule has 0 atom stereocenters. The van der Waals surface area contributed by atoms with E-state index in [2.05, 4.69) is 5.16 Å². The first-order valence-corrected chi connectivity index (χ1v) is 7.89. The summed E-state index contributed by atoms with van der Waals surface area (Å²) in [6, 6.07) is 1.91. The summed E-state index contributed by atoms with van der Waals surface area (Å²) in [6.45, 7) is 3.84. The Labute approximate surface area is 127 Å². The van der Waals surface area contributed by atoms with E-state index in [1.807, 2.05) is 36.9 Å². The number of amides is 1. The molecule has 5 nitrogen and oxygen atoms in total. The Morgan fingerprint density at radius 1 is 1.33 bits per heavy atom. The molecule has 5 heteroatoms. The molecule has 118 valence electrons. The molecule has 0 spiro atoms. The largest absolute Gasteiger partial charge is 0.361 e. The monoisotopic (exact) mass is 293 g/mol. The molecule has 21 heavy (non-hydrogen) atoms. The van der Waals surface area contributed by atoms with Gasteiger partial charge in [-0.1, -0.05) is 24.4 Å². The summed E-state index contributed by atoms with van der Waals surface area (Å²) in [5.74, 6) is 1.68. The maximum atomic E-state index is 12.3. The van der Waals surface area contributed by atoms with Crippen molar-refractivity contribution in [2.45, 2.75) is 45.6 Å². The molecule has 2 rings (SSSR count). The van der Waals surface area contributed by atoms with Crippen LogP contribution in [-0.2, 0) is 11.3 Å². The van der Waals surface area contributed by atoms with E-state index in [0.29, 0.717) is 19.0 Å². The van der Waals surface area contributed by atoms with Gasteiger partial charge in [-0.2, -0.15) is 0 Å². The lowest BCUT2D eigenvalue weighted by Gasteiger charge is -2.28. The lowest BCUT2D eigenvalue weighted by molar-refractivity contribution is -0.131. The van der Waals surface area contributed by atoms with Crippen LogP contribution in [0.15, 0.2) is 10.6 Å². The van der Waals surface area contributed by atoms with E-state index in [9.17, 15) is 4.79 Å². The van der Waals surface area contributed by atoms with Gasteiger partial charge in [0.05, 0.1) is 12.2 Å². The van der Waals surface area contributed by atoms with Crippen LogP contribution in [0.1, 0.15) is 43.6 Å². The second-order valence-corrected chi connectivity index (χ2v) is 6.38. The van der Waals surface area contributed by atoms with Gasteiger partial charge in [0.1, 0.15) is 5.76 Å². The highest BCUT2D eigenvalue weighted by Crippen LogP contribution is 2.24. The molecule has 1 aromatic rings. The average molecular weight is 293 g/mol. The molecule has 1 saturated carbocycles. The predicted molar refractivity (Wildman–Crippen MR) is 81.8 cm³/mol. The van der Waals surface area contributed by atoms with Crippen molar-refractivity contribution in [1.29, 1.82) is 0 Å². The van der Waals surface area contributed by atoms with E-state index >= 15 is 0 Å². The van der Waals surface area contributed by atoms with Gasteiger partial charge in [0.15, 0.2) is 0 Å². The molecule has 1 aromatic heterocycles. The van der Waals surface area contributed by atoms with Crippen molar-refractivity contribution in [3.05, 3.63) is 17.5 Å². The number of hydrogen-bond donors (Lipinski definition) is 0. The van der Waals surface area contributed by atoms with Crippen LogP contribution in [0.25, 0.3) is 0 Å². The van der Waals surface area contributed by atoms with Crippen molar-refractivity contribution in [1.82, 2.24) is 15.0 Å². The highest BCUT2D eigenvalue weighted by Gasteiger charge is 2.19. The quantitative estimate of drug-likeness (QED) is 0.808. The lowest BCUT2D eigenvalue weighted by Crippen LogP contribution is -2.39. The summed E-state index contributed by atoms with van der Waals surface area (Å²) in [6.07, 6.45) is 6.53. The van der Waals surface area contributed by atoms with Crippen LogP contribution in [0.2, 0.25) is 0 Å². The molecule has 1 aliphatic carbocycles. The van der Waals surface area contributed by atoms with E-state index in [4.69, 9.17) is 4.52 Å². The second kappa shape index (κ2) is 7.59. The smallest absolute Gasteiger partial charge is 0.236 e. The van der Waals surface area contributed by atoms with Crippen LogP contribution in [0.4, 0.5) is 0 Å². The zero-order chi connectivity index (χ0) is 15.2. The lowest BCUT2D eigenvalue weighted by atomic mass is 9.89. The fraction of sp³-hybridized carbons (Fsp3) is 0.750. The third-order valence-corrected chi connectivity index (χ3v) is 4.20. The van der Waals surface area contributed by atoms with Gasteiger partial charge in [-0.05, 0) is 32.7 Å². The van der Waals surface area contributed by atoms with Gasteiger partial charge in [-0.15, -0.1) is 0 Å². The molecule has 0 aliphatic heterocycles. The number of carbonyl (C=O) groups excluding carboxylic acids is 1. The van der Waals surface area contributed by atoms with Gasteiger partial charge in [0.2, 0.25) is 5.91 Å². The first-order valence-electron chi connectivity index (χ1n) is 7.89. The minimum atomic E-state index is 0.184. The van der Waals surface area contributed by atoms with Crippen LogP contribution in [0.5, 0.6) is 0 Å². The molecular weight excluding hydrogens is 266 g/mol. The minimum absolute atomic E-state index is 0.184. The molecule has 0 aromatic carbocycles. The summed E-state index contributed by atoms with van der Waals surface area (Å²) in [5, 5.41) is 3.96. The normalized spacial score (nSPS) is 16.4. The standard InChI is InChI=1S/C16H27N3O2/c1-13-9-15(17-21-13)11-18(2)12-16(20)19(3)10-14-7-5-4-6-8-14/h9,14H,4-8,10-12H2,1-3H3. The first kappa shape index (κ1) is 16.0. The highest BCUT2D eigenvalue weighted by atomic mass is 16.5. The molecule has 1 amide bonds. The Morgan fingerprint density at radius 2 is 2.05 bits per heavy atom. The minimum Gasteiger partial charge on any atom is -0.361 e. The molecule has 0 N–H and O–H groups in total. The Kier molecular flexibility index (Phi) is 5.79. The van der Waals surface area contributed by atoms with Crippen LogP contribution in [-0.4, -0.2) is 48.0 Å². The fourth-order valence-corrected chi connectivity index (χ4v) is 3.04. The number of aryl methyl sites for hydroxylation is 1. The van der Waals surface area contributed by atoms with Crippen molar-refractivity contribution < 1.29 is 9.32 Å². The third-order valence-electron chi connectivity index (χ3n) is 4.20. The van der Waals surface area contributed by atoms with Crippen molar-refractivity contribution in [2.24, 2.45) is 5.92 Å². The van der Waals surface area contributed by atoms with Gasteiger partial charge in [-0.3, -0.25) is 9.69 Å². The van der Waals surface area contributed by atoms with E-state index in [0.717, 1.165) is 18.0 Å². The fourth-order valence-electron chi connectivity index (χ4n) is 3.04. The highest BCUT2D eigenvalue weighted by molar-refractivity contribution is 5.77. The van der Waals surface area contributed by atoms with Crippen molar-refractivity contribution in [3.63, 3.8) is 0 Å². The van der Waals surface area contributed by atoms with E-state index < -0.39 is 0 Å². The molecule has 0 radical (unpaired) electrons. The SMILES string of the molecule is Cc1cc(CN(C)CC(=O)N(C)CC2CCCCC2)no1. The number of nitrogens with zero attached hydrogens (tertiary/aromatic N) is 3. The summed E-state index contributed by atoms with van der Waals surface area (Å²) in [5.41, 5.74) is 0.873. The summed E-state index contributed by atoms with van der Waals surface area (Å²) in [4.78, 5) is 16.1. The topological polar surface area (TPSA) is 49.6 Å². The number of carbonyl (C=O) groups is 1. The van der Waals surface area contributed by atoms with Crippen LogP contribution >= 0.6 is 0 Å². The number of hydrogen-bond acceptors (Lipinski definition) is 4. The first-order chi connectivity index (χ1) is 10.0. The zero-order valence-corrected chi connectivity index (χ0v) is 13.5. The van der Waals surface area contributed by atoms with Crippen LogP contribution in [0.3, 0.4) is 0 Å². The van der Waals surface area contributed by atoms with Crippen molar-refractivity contribution >= 4 is 5.91 Å². The van der Waals surface area contributed by atoms with Crippen molar-refractivity contribution in [2.75, 3.05) is 27.2 Å². The molecule has 1 aliphatic rings.